The van der Waals surface area contributed by atoms with Gasteiger partial charge in [0, 0.05) is 12.5 Å². The van der Waals surface area contributed by atoms with Gasteiger partial charge in [0.2, 0.25) is 5.91 Å². The molecule has 24 heavy (non-hydrogen) atoms. The van der Waals surface area contributed by atoms with Crippen molar-refractivity contribution in [1.29, 1.82) is 0 Å². The standard InChI is InChI=1S/C18H27N3O3/c1-13(20-17(22)4-3-11-19-2)14-5-9-16(10-6-14)24-12-18(23)21-15-7-8-15/h5-6,9-10,13,15,19H,3-4,7-8,11-12H2,1-2H3,(H,20,22)(H,21,23). The Morgan fingerprint density at radius 3 is 2.54 bits per heavy atom. The molecule has 2 amide bonds. The fraction of sp³-hybridized carbons (Fsp3) is 0.556. The SMILES string of the molecule is CNCCCC(=O)NC(C)c1ccc(OCC(=O)NC2CC2)cc1. The van der Waals surface area contributed by atoms with Crippen LogP contribution in [0.2, 0.25) is 0 Å². The van der Waals surface area contributed by atoms with Crippen LogP contribution in [0.15, 0.2) is 24.3 Å². The maximum atomic E-state index is 11.8. The van der Waals surface area contributed by atoms with Crippen molar-refractivity contribution in [3.63, 3.8) is 0 Å². The smallest absolute Gasteiger partial charge is 0.258 e. The Labute approximate surface area is 143 Å². The molecule has 0 heterocycles. The largest absolute Gasteiger partial charge is 0.484 e. The molecule has 1 aliphatic carbocycles. The van der Waals surface area contributed by atoms with Crippen molar-refractivity contribution in [2.24, 2.45) is 0 Å². The maximum absolute atomic E-state index is 11.8. The highest BCUT2D eigenvalue weighted by Crippen LogP contribution is 2.19. The van der Waals surface area contributed by atoms with E-state index in [2.05, 4.69) is 16.0 Å². The Morgan fingerprint density at radius 2 is 1.92 bits per heavy atom. The number of ether oxygens (including phenoxy) is 1. The summed E-state index contributed by atoms with van der Waals surface area (Å²) < 4.78 is 5.47. The zero-order valence-corrected chi connectivity index (χ0v) is 14.4. The Kier molecular flexibility index (Phi) is 7.06. The van der Waals surface area contributed by atoms with Gasteiger partial charge in [0.1, 0.15) is 5.75 Å². The van der Waals surface area contributed by atoms with Crippen molar-refractivity contribution in [2.45, 2.75) is 44.7 Å². The van der Waals surface area contributed by atoms with Gasteiger partial charge in [-0.05, 0) is 57.5 Å². The van der Waals surface area contributed by atoms with Crippen LogP contribution >= 0.6 is 0 Å². The van der Waals surface area contributed by atoms with E-state index in [1.54, 1.807) is 0 Å². The molecule has 0 spiro atoms. The van der Waals surface area contributed by atoms with Crippen LogP contribution in [-0.2, 0) is 9.59 Å². The first-order valence-corrected chi connectivity index (χ1v) is 8.54. The average molecular weight is 333 g/mol. The number of carbonyl (C=O) groups excluding carboxylic acids is 2. The summed E-state index contributed by atoms with van der Waals surface area (Å²) in [4.78, 5) is 23.4. The number of benzene rings is 1. The first-order valence-electron chi connectivity index (χ1n) is 8.54. The monoisotopic (exact) mass is 333 g/mol. The zero-order valence-electron chi connectivity index (χ0n) is 14.4. The van der Waals surface area contributed by atoms with Gasteiger partial charge in [0.15, 0.2) is 6.61 Å². The van der Waals surface area contributed by atoms with Gasteiger partial charge in [-0.25, -0.2) is 0 Å². The lowest BCUT2D eigenvalue weighted by Gasteiger charge is -2.15. The normalized spacial score (nSPS) is 14.8. The van der Waals surface area contributed by atoms with E-state index in [0.29, 0.717) is 18.2 Å². The molecule has 0 aliphatic heterocycles. The summed E-state index contributed by atoms with van der Waals surface area (Å²) in [7, 11) is 1.87. The molecule has 1 unspecified atom stereocenters. The molecule has 1 atom stereocenters. The predicted octanol–water partition coefficient (Wildman–Crippen LogP) is 1.52. The molecular weight excluding hydrogens is 306 g/mol. The Balaban J connectivity index is 1.73. The molecule has 2 rings (SSSR count). The van der Waals surface area contributed by atoms with Crippen molar-refractivity contribution in [1.82, 2.24) is 16.0 Å². The summed E-state index contributed by atoms with van der Waals surface area (Å²) in [6.45, 7) is 2.82. The Morgan fingerprint density at radius 1 is 1.21 bits per heavy atom. The van der Waals surface area contributed by atoms with Gasteiger partial charge in [-0.3, -0.25) is 9.59 Å². The van der Waals surface area contributed by atoms with Gasteiger partial charge in [-0.15, -0.1) is 0 Å². The molecule has 0 saturated heterocycles. The van der Waals surface area contributed by atoms with Crippen LogP contribution in [-0.4, -0.2) is 38.1 Å². The van der Waals surface area contributed by atoms with Crippen molar-refractivity contribution in [3.05, 3.63) is 29.8 Å². The minimum absolute atomic E-state index is 0.0353. The van der Waals surface area contributed by atoms with Gasteiger partial charge >= 0.3 is 0 Å². The third-order valence-corrected chi connectivity index (χ3v) is 3.90. The number of hydrogen-bond acceptors (Lipinski definition) is 4. The van der Waals surface area contributed by atoms with E-state index in [4.69, 9.17) is 4.74 Å². The van der Waals surface area contributed by atoms with E-state index in [1.165, 1.54) is 0 Å². The van der Waals surface area contributed by atoms with Gasteiger partial charge in [0.25, 0.3) is 5.91 Å². The van der Waals surface area contributed by atoms with Gasteiger partial charge < -0.3 is 20.7 Å². The van der Waals surface area contributed by atoms with Crippen molar-refractivity contribution in [2.75, 3.05) is 20.2 Å². The molecule has 1 aliphatic rings. The predicted molar refractivity (Wildman–Crippen MR) is 92.8 cm³/mol. The van der Waals surface area contributed by atoms with Gasteiger partial charge in [-0.2, -0.15) is 0 Å². The first kappa shape index (κ1) is 18.3. The number of amides is 2. The van der Waals surface area contributed by atoms with E-state index in [1.807, 2.05) is 38.2 Å². The highest BCUT2D eigenvalue weighted by atomic mass is 16.5. The zero-order chi connectivity index (χ0) is 17.4. The molecule has 0 aromatic heterocycles. The second-order valence-corrected chi connectivity index (χ2v) is 6.20. The molecular formula is C18H27N3O3. The van der Waals surface area contributed by atoms with E-state index in [0.717, 1.165) is 31.4 Å². The average Bonchev–Trinajstić information content (AvgIpc) is 3.37. The summed E-state index contributed by atoms with van der Waals surface area (Å²) in [5.74, 6) is 0.621. The fourth-order valence-electron chi connectivity index (χ4n) is 2.32. The van der Waals surface area contributed by atoms with Crippen molar-refractivity contribution in [3.8, 4) is 5.75 Å². The van der Waals surface area contributed by atoms with E-state index < -0.39 is 0 Å². The third-order valence-electron chi connectivity index (χ3n) is 3.90. The third kappa shape index (κ3) is 6.58. The van der Waals surface area contributed by atoms with Crippen molar-refractivity contribution >= 4 is 11.8 Å². The lowest BCUT2D eigenvalue weighted by molar-refractivity contribution is -0.123. The molecule has 132 valence electrons. The summed E-state index contributed by atoms with van der Waals surface area (Å²) in [5.41, 5.74) is 1.01. The number of hydrogen-bond donors (Lipinski definition) is 3. The number of carbonyl (C=O) groups is 2. The summed E-state index contributed by atoms with van der Waals surface area (Å²) in [6.07, 6.45) is 3.48. The quantitative estimate of drug-likeness (QED) is 0.567. The topological polar surface area (TPSA) is 79.5 Å². The molecule has 0 radical (unpaired) electrons. The minimum Gasteiger partial charge on any atom is -0.484 e. The Hall–Kier alpha value is -2.08. The first-order chi connectivity index (χ1) is 11.6. The number of nitrogens with one attached hydrogen (secondary N) is 3. The molecule has 1 aromatic carbocycles. The van der Waals surface area contributed by atoms with E-state index in [9.17, 15) is 9.59 Å². The van der Waals surface area contributed by atoms with Gasteiger partial charge in [-0.1, -0.05) is 12.1 Å². The molecule has 0 bridgehead atoms. The second kappa shape index (κ2) is 9.27. The molecule has 3 N–H and O–H groups in total. The van der Waals surface area contributed by atoms with Gasteiger partial charge in [0.05, 0.1) is 6.04 Å². The Bertz CT molecular complexity index is 541. The molecule has 1 fully saturated rings. The fourth-order valence-corrected chi connectivity index (χ4v) is 2.32. The summed E-state index contributed by atoms with van der Waals surface area (Å²) in [5, 5.41) is 8.89. The molecule has 6 heteroatoms. The molecule has 1 saturated carbocycles. The van der Waals surface area contributed by atoms with Crippen LogP contribution in [0.4, 0.5) is 0 Å². The van der Waals surface area contributed by atoms with Crippen LogP contribution in [0.3, 0.4) is 0 Å². The van der Waals surface area contributed by atoms with E-state index >= 15 is 0 Å². The summed E-state index contributed by atoms with van der Waals surface area (Å²) >= 11 is 0. The summed E-state index contributed by atoms with van der Waals surface area (Å²) in [6, 6.07) is 7.76. The van der Waals surface area contributed by atoms with Crippen LogP contribution in [0.5, 0.6) is 5.75 Å². The maximum Gasteiger partial charge on any atom is 0.258 e. The lowest BCUT2D eigenvalue weighted by atomic mass is 10.1. The van der Waals surface area contributed by atoms with Crippen LogP contribution in [0.25, 0.3) is 0 Å². The number of rotatable bonds is 10. The minimum atomic E-state index is -0.0798. The van der Waals surface area contributed by atoms with Crippen LogP contribution < -0.4 is 20.7 Å². The van der Waals surface area contributed by atoms with Crippen molar-refractivity contribution < 1.29 is 14.3 Å². The highest BCUT2D eigenvalue weighted by Gasteiger charge is 2.23. The van der Waals surface area contributed by atoms with E-state index in [-0.39, 0.29) is 24.5 Å². The lowest BCUT2D eigenvalue weighted by Crippen LogP contribution is -2.30. The second-order valence-electron chi connectivity index (χ2n) is 6.20. The molecule has 6 nitrogen and oxygen atoms in total. The van der Waals surface area contributed by atoms with Crippen LogP contribution in [0, 0.1) is 0 Å². The van der Waals surface area contributed by atoms with Crippen LogP contribution in [0.1, 0.15) is 44.2 Å². The molecule has 1 aromatic rings. The highest BCUT2D eigenvalue weighted by molar-refractivity contribution is 5.78.